The number of benzene rings is 1. The van der Waals surface area contributed by atoms with Crippen molar-refractivity contribution in [2.75, 3.05) is 11.9 Å². The van der Waals surface area contributed by atoms with Crippen molar-refractivity contribution in [1.82, 2.24) is 5.32 Å². The first kappa shape index (κ1) is 21.7. The number of amides is 1. The second kappa shape index (κ2) is 11.3. The van der Waals surface area contributed by atoms with E-state index < -0.39 is 0 Å². The molecule has 0 saturated heterocycles. The van der Waals surface area contributed by atoms with Crippen molar-refractivity contribution in [3.8, 4) is 0 Å². The van der Waals surface area contributed by atoms with Gasteiger partial charge in [0.2, 0.25) is 5.91 Å². The molecule has 0 saturated carbocycles. The Kier molecular flexibility index (Phi) is 10.6. The molecule has 0 unspecified atom stereocenters. The Hall–Kier alpha value is -1.31. The number of rotatable bonds is 7. The van der Waals surface area contributed by atoms with Crippen LogP contribution < -0.4 is 16.4 Å². The maximum atomic E-state index is 11.6. The molecule has 1 rings (SSSR count). The molecule has 0 bridgehead atoms. The van der Waals surface area contributed by atoms with Gasteiger partial charge in [-0.3, -0.25) is 4.79 Å². The quantitative estimate of drug-likeness (QED) is 0.351. The molecule has 0 aliphatic carbocycles. The van der Waals surface area contributed by atoms with Gasteiger partial charge >= 0.3 is 0 Å². The predicted molar refractivity (Wildman–Crippen MR) is 108 cm³/mol. The van der Waals surface area contributed by atoms with Crippen LogP contribution in [-0.4, -0.2) is 18.4 Å². The summed E-state index contributed by atoms with van der Waals surface area (Å²) in [4.78, 5) is 15.9. The molecule has 0 spiro atoms. The summed E-state index contributed by atoms with van der Waals surface area (Å²) in [6, 6.07) is 7.66. The first-order valence-electron chi connectivity index (χ1n) is 7.82. The maximum Gasteiger partial charge on any atom is 0.226 e. The number of anilines is 1. The zero-order chi connectivity index (χ0) is 16.5. The second-order valence-corrected chi connectivity index (χ2v) is 6.15. The van der Waals surface area contributed by atoms with E-state index in [-0.39, 0.29) is 35.8 Å². The Morgan fingerprint density at radius 1 is 1.17 bits per heavy atom. The molecule has 6 heteroatoms. The Morgan fingerprint density at radius 3 is 2.30 bits per heavy atom. The Morgan fingerprint density at radius 2 is 1.78 bits per heavy atom. The number of halogens is 1. The molecule has 0 aromatic heterocycles. The number of carbonyl (C=O) groups excluding carboxylic acids is 1. The largest absolute Gasteiger partial charge is 0.370 e. The summed E-state index contributed by atoms with van der Waals surface area (Å²) in [5.74, 6) is 1.11. The standard InChI is InChI=1S/C17H28N4O.HI/c1-12(2)9-10-19-17(18)20-11-14-5-7-15(8-6-14)21-16(22)13(3)4;/h5-8,12-13H,9-11H2,1-4H3,(H,21,22)(H3,18,19,20);1H. The number of carbonyl (C=O) groups is 1. The van der Waals surface area contributed by atoms with Crippen LogP contribution in [-0.2, 0) is 11.3 Å². The van der Waals surface area contributed by atoms with Gasteiger partial charge in [0.15, 0.2) is 5.96 Å². The van der Waals surface area contributed by atoms with Crippen molar-refractivity contribution in [2.24, 2.45) is 22.6 Å². The normalized spacial score (nSPS) is 11.3. The van der Waals surface area contributed by atoms with Crippen molar-refractivity contribution in [3.05, 3.63) is 29.8 Å². The van der Waals surface area contributed by atoms with Crippen molar-refractivity contribution >= 4 is 41.5 Å². The third-order valence-corrected chi connectivity index (χ3v) is 3.21. The van der Waals surface area contributed by atoms with Gasteiger partial charge in [0.05, 0.1) is 6.54 Å². The number of aliphatic imine (C=N–C) groups is 1. The second-order valence-electron chi connectivity index (χ2n) is 6.15. The smallest absolute Gasteiger partial charge is 0.226 e. The molecular weight excluding hydrogens is 403 g/mol. The molecule has 23 heavy (non-hydrogen) atoms. The monoisotopic (exact) mass is 432 g/mol. The molecule has 130 valence electrons. The third kappa shape index (κ3) is 9.43. The highest BCUT2D eigenvalue weighted by molar-refractivity contribution is 14.0. The molecule has 5 nitrogen and oxygen atoms in total. The van der Waals surface area contributed by atoms with Crippen LogP contribution in [0.4, 0.5) is 5.69 Å². The molecule has 1 aromatic rings. The molecule has 1 amide bonds. The van der Waals surface area contributed by atoms with E-state index in [4.69, 9.17) is 5.73 Å². The van der Waals surface area contributed by atoms with Gasteiger partial charge in [-0.1, -0.05) is 39.8 Å². The van der Waals surface area contributed by atoms with Crippen LogP contribution in [0.2, 0.25) is 0 Å². The fraction of sp³-hybridized carbons (Fsp3) is 0.529. The lowest BCUT2D eigenvalue weighted by molar-refractivity contribution is -0.118. The molecule has 0 atom stereocenters. The lowest BCUT2D eigenvalue weighted by Crippen LogP contribution is -2.32. The first-order chi connectivity index (χ1) is 10.4. The zero-order valence-corrected chi connectivity index (χ0v) is 16.8. The average molecular weight is 432 g/mol. The predicted octanol–water partition coefficient (Wildman–Crippen LogP) is 3.35. The van der Waals surface area contributed by atoms with Crippen LogP contribution in [0.3, 0.4) is 0 Å². The maximum absolute atomic E-state index is 11.6. The summed E-state index contributed by atoms with van der Waals surface area (Å²) in [5.41, 5.74) is 7.67. The van der Waals surface area contributed by atoms with E-state index in [0.717, 1.165) is 24.2 Å². The summed E-state index contributed by atoms with van der Waals surface area (Å²) in [6.45, 7) is 9.45. The fourth-order valence-electron chi connectivity index (χ4n) is 1.70. The van der Waals surface area contributed by atoms with Crippen LogP contribution >= 0.6 is 24.0 Å². The highest BCUT2D eigenvalue weighted by Gasteiger charge is 2.06. The van der Waals surface area contributed by atoms with Gasteiger partial charge in [-0.25, -0.2) is 4.99 Å². The summed E-state index contributed by atoms with van der Waals surface area (Å²) in [5, 5.41) is 5.97. The zero-order valence-electron chi connectivity index (χ0n) is 14.4. The number of hydrogen-bond donors (Lipinski definition) is 3. The number of hydrogen-bond acceptors (Lipinski definition) is 2. The Labute approximate surface area is 156 Å². The van der Waals surface area contributed by atoms with Gasteiger partial charge in [-0.2, -0.15) is 0 Å². The van der Waals surface area contributed by atoms with Gasteiger partial charge in [-0.15, -0.1) is 24.0 Å². The van der Waals surface area contributed by atoms with Crippen LogP contribution in [0.25, 0.3) is 0 Å². The Balaban J connectivity index is 0.00000484. The van der Waals surface area contributed by atoms with Crippen molar-refractivity contribution in [1.29, 1.82) is 0 Å². The minimum Gasteiger partial charge on any atom is -0.370 e. The van der Waals surface area contributed by atoms with Gasteiger partial charge in [0.25, 0.3) is 0 Å². The first-order valence-corrected chi connectivity index (χ1v) is 7.82. The van der Waals surface area contributed by atoms with E-state index in [1.165, 1.54) is 0 Å². The van der Waals surface area contributed by atoms with Crippen LogP contribution in [0.5, 0.6) is 0 Å². The van der Waals surface area contributed by atoms with Gasteiger partial charge in [0.1, 0.15) is 0 Å². The van der Waals surface area contributed by atoms with E-state index in [0.29, 0.717) is 18.4 Å². The molecule has 0 fully saturated rings. The van der Waals surface area contributed by atoms with Crippen molar-refractivity contribution in [2.45, 2.75) is 40.7 Å². The molecule has 0 heterocycles. The van der Waals surface area contributed by atoms with Gasteiger partial charge in [0, 0.05) is 18.2 Å². The number of nitrogens with zero attached hydrogens (tertiary/aromatic N) is 1. The fourth-order valence-corrected chi connectivity index (χ4v) is 1.70. The summed E-state index contributed by atoms with van der Waals surface area (Å²) >= 11 is 0. The highest BCUT2D eigenvalue weighted by Crippen LogP contribution is 2.11. The lowest BCUT2D eigenvalue weighted by Gasteiger charge is -2.09. The molecular formula is C17H29IN4O. The number of nitrogens with one attached hydrogen (secondary N) is 2. The van der Waals surface area contributed by atoms with Gasteiger partial charge in [-0.05, 0) is 30.0 Å². The molecule has 0 radical (unpaired) electrons. The van der Waals surface area contributed by atoms with E-state index in [1.807, 2.05) is 38.1 Å². The minimum atomic E-state index is -0.0269. The molecule has 0 aliphatic rings. The molecule has 4 N–H and O–H groups in total. The summed E-state index contributed by atoms with van der Waals surface area (Å²) in [6.07, 6.45) is 1.07. The minimum absolute atomic E-state index is 0. The van der Waals surface area contributed by atoms with E-state index >= 15 is 0 Å². The van der Waals surface area contributed by atoms with Crippen LogP contribution in [0, 0.1) is 11.8 Å². The van der Waals surface area contributed by atoms with Gasteiger partial charge < -0.3 is 16.4 Å². The van der Waals surface area contributed by atoms with Crippen LogP contribution in [0.15, 0.2) is 29.3 Å². The lowest BCUT2D eigenvalue weighted by atomic mass is 10.1. The topological polar surface area (TPSA) is 79.5 Å². The highest BCUT2D eigenvalue weighted by atomic mass is 127. The summed E-state index contributed by atoms with van der Waals surface area (Å²) < 4.78 is 0. The number of guanidine groups is 1. The van der Waals surface area contributed by atoms with Crippen LogP contribution in [0.1, 0.15) is 39.7 Å². The van der Waals surface area contributed by atoms with E-state index in [9.17, 15) is 4.79 Å². The van der Waals surface area contributed by atoms with E-state index in [2.05, 4.69) is 29.5 Å². The number of nitrogens with two attached hydrogens (primary N) is 1. The van der Waals surface area contributed by atoms with Crippen molar-refractivity contribution in [3.63, 3.8) is 0 Å². The summed E-state index contributed by atoms with van der Waals surface area (Å²) in [7, 11) is 0. The Bertz CT molecular complexity index is 498. The molecule has 0 aliphatic heterocycles. The average Bonchev–Trinajstić information content (AvgIpc) is 2.46. The molecule has 1 aromatic carbocycles. The van der Waals surface area contributed by atoms with E-state index in [1.54, 1.807) is 0 Å². The van der Waals surface area contributed by atoms with Crippen molar-refractivity contribution < 1.29 is 4.79 Å². The SMILES string of the molecule is CC(C)CCNC(N)=NCc1ccc(NC(=O)C(C)C)cc1.I. The third-order valence-electron chi connectivity index (χ3n) is 3.21.